The zero-order chi connectivity index (χ0) is 12.5. The third-order valence-electron chi connectivity index (χ3n) is 2.99. The SMILES string of the molecule is O=C1c2ccc(=O)[nH]c2CCN1Cc1ccno1. The zero-order valence-corrected chi connectivity index (χ0v) is 9.55. The second kappa shape index (κ2) is 4.14. The molecule has 1 amide bonds. The summed E-state index contributed by atoms with van der Waals surface area (Å²) in [6.45, 7) is 0.962. The molecule has 6 heteroatoms. The van der Waals surface area contributed by atoms with Crippen LogP contribution in [0.2, 0.25) is 0 Å². The van der Waals surface area contributed by atoms with E-state index in [9.17, 15) is 9.59 Å². The van der Waals surface area contributed by atoms with E-state index in [2.05, 4.69) is 10.1 Å². The Hall–Kier alpha value is -2.37. The number of nitrogens with zero attached hydrogens (tertiary/aromatic N) is 2. The Labute approximate surface area is 102 Å². The largest absolute Gasteiger partial charge is 0.360 e. The molecule has 92 valence electrons. The average molecular weight is 245 g/mol. The van der Waals surface area contributed by atoms with Crippen molar-refractivity contribution >= 4 is 5.91 Å². The lowest BCUT2D eigenvalue weighted by atomic mass is 10.0. The van der Waals surface area contributed by atoms with Crippen LogP contribution in [0.15, 0.2) is 33.7 Å². The van der Waals surface area contributed by atoms with E-state index in [1.807, 2.05) is 0 Å². The summed E-state index contributed by atoms with van der Waals surface area (Å²) in [5, 5.41) is 3.61. The van der Waals surface area contributed by atoms with E-state index in [1.165, 1.54) is 6.07 Å². The lowest BCUT2D eigenvalue weighted by Crippen LogP contribution is -2.38. The van der Waals surface area contributed by atoms with E-state index in [4.69, 9.17) is 4.52 Å². The maximum absolute atomic E-state index is 12.2. The number of nitrogens with one attached hydrogen (secondary N) is 1. The molecule has 3 rings (SSSR count). The standard InChI is InChI=1S/C12H11N3O3/c16-11-2-1-9-10(14-11)4-6-15(12(9)17)7-8-3-5-13-18-8/h1-3,5H,4,6-7H2,(H,14,16). The molecule has 0 fully saturated rings. The molecule has 0 unspecified atom stereocenters. The van der Waals surface area contributed by atoms with Crippen molar-refractivity contribution in [3.05, 3.63) is 51.8 Å². The maximum atomic E-state index is 12.2. The summed E-state index contributed by atoms with van der Waals surface area (Å²) in [6.07, 6.45) is 2.19. The van der Waals surface area contributed by atoms with Crippen LogP contribution in [-0.4, -0.2) is 27.5 Å². The molecule has 2 aromatic heterocycles. The molecule has 0 aromatic carbocycles. The fraction of sp³-hybridized carbons (Fsp3) is 0.250. The first-order valence-corrected chi connectivity index (χ1v) is 5.65. The minimum atomic E-state index is -0.176. The Morgan fingerprint density at radius 2 is 2.22 bits per heavy atom. The van der Waals surface area contributed by atoms with Gasteiger partial charge in [0.15, 0.2) is 5.76 Å². The Morgan fingerprint density at radius 1 is 1.33 bits per heavy atom. The van der Waals surface area contributed by atoms with Crippen molar-refractivity contribution in [2.45, 2.75) is 13.0 Å². The molecule has 0 spiro atoms. The molecule has 1 N–H and O–H groups in total. The number of amides is 1. The Kier molecular flexibility index (Phi) is 2.47. The number of hydrogen-bond donors (Lipinski definition) is 1. The minimum Gasteiger partial charge on any atom is -0.360 e. The van der Waals surface area contributed by atoms with Crippen LogP contribution in [0.1, 0.15) is 21.8 Å². The zero-order valence-electron chi connectivity index (χ0n) is 9.55. The minimum absolute atomic E-state index is 0.0936. The second-order valence-electron chi connectivity index (χ2n) is 4.17. The number of rotatable bonds is 2. The summed E-state index contributed by atoms with van der Waals surface area (Å²) >= 11 is 0. The molecular formula is C12H11N3O3. The summed E-state index contributed by atoms with van der Waals surface area (Å²) < 4.78 is 4.99. The number of carbonyl (C=O) groups is 1. The predicted molar refractivity (Wildman–Crippen MR) is 62.0 cm³/mol. The van der Waals surface area contributed by atoms with Gasteiger partial charge in [-0.05, 0) is 6.07 Å². The van der Waals surface area contributed by atoms with Crippen LogP contribution in [0.3, 0.4) is 0 Å². The smallest absolute Gasteiger partial charge is 0.256 e. The number of pyridine rings is 1. The number of aromatic nitrogens is 2. The van der Waals surface area contributed by atoms with Gasteiger partial charge in [-0.1, -0.05) is 5.16 Å². The summed E-state index contributed by atoms with van der Waals surface area (Å²) in [4.78, 5) is 27.8. The van der Waals surface area contributed by atoms with E-state index >= 15 is 0 Å². The summed E-state index contributed by atoms with van der Waals surface area (Å²) in [5.74, 6) is 0.556. The highest BCUT2D eigenvalue weighted by molar-refractivity contribution is 5.96. The first kappa shape index (κ1) is 10.8. The molecule has 1 aliphatic rings. The number of carbonyl (C=O) groups excluding carboxylic acids is 1. The van der Waals surface area contributed by atoms with Gasteiger partial charge < -0.3 is 14.4 Å². The Morgan fingerprint density at radius 3 is 3.00 bits per heavy atom. The van der Waals surface area contributed by atoms with Crippen LogP contribution in [0.4, 0.5) is 0 Å². The van der Waals surface area contributed by atoms with Crippen LogP contribution < -0.4 is 5.56 Å². The van der Waals surface area contributed by atoms with Crippen LogP contribution in [0, 0.1) is 0 Å². The van der Waals surface area contributed by atoms with Crippen molar-refractivity contribution in [2.24, 2.45) is 0 Å². The number of hydrogen-bond acceptors (Lipinski definition) is 4. The first-order chi connectivity index (χ1) is 8.74. The molecule has 3 heterocycles. The number of fused-ring (bicyclic) bond motifs is 1. The van der Waals surface area contributed by atoms with E-state index < -0.39 is 0 Å². The topological polar surface area (TPSA) is 79.2 Å². The molecule has 0 bridgehead atoms. The van der Waals surface area contributed by atoms with E-state index in [-0.39, 0.29) is 11.5 Å². The highest BCUT2D eigenvalue weighted by atomic mass is 16.5. The van der Waals surface area contributed by atoms with Crippen LogP contribution in [0.5, 0.6) is 0 Å². The van der Waals surface area contributed by atoms with Crippen molar-refractivity contribution in [3.8, 4) is 0 Å². The molecule has 1 aliphatic heterocycles. The van der Waals surface area contributed by atoms with Gasteiger partial charge in [-0.15, -0.1) is 0 Å². The van der Waals surface area contributed by atoms with E-state index in [1.54, 1.807) is 23.2 Å². The molecule has 0 saturated heterocycles. The normalized spacial score (nSPS) is 14.7. The van der Waals surface area contributed by atoms with Gasteiger partial charge in [0.2, 0.25) is 5.56 Å². The quantitative estimate of drug-likeness (QED) is 0.838. The van der Waals surface area contributed by atoms with Gasteiger partial charge in [0.25, 0.3) is 5.91 Å². The lowest BCUT2D eigenvalue weighted by Gasteiger charge is -2.27. The highest BCUT2D eigenvalue weighted by Crippen LogP contribution is 2.17. The van der Waals surface area contributed by atoms with Gasteiger partial charge in [0, 0.05) is 30.8 Å². The number of H-pyrrole nitrogens is 1. The molecule has 6 nitrogen and oxygen atoms in total. The first-order valence-electron chi connectivity index (χ1n) is 5.65. The van der Waals surface area contributed by atoms with Crippen LogP contribution in [0.25, 0.3) is 0 Å². The second-order valence-corrected chi connectivity index (χ2v) is 4.17. The highest BCUT2D eigenvalue weighted by Gasteiger charge is 2.25. The fourth-order valence-corrected chi connectivity index (χ4v) is 2.10. The van der Waals surface area contributed by atoms with Gasteiger partial charge in [-0.25, -0.2) is 0 Å². The Balaban J connectivity index is 1.87. The summed E-state index contributed by atoms with van der Waals surface area (Å²) in [7, 11) is 0. The molecule has 0 radical (unpaired) electrons. The lowest BCUT2D eigenvalue weighted by molar-refractivity contribution is 0.0709. The molecule has 0 saturated carbocycles. The van der Waals surface area contributed by atoms with Crippen molar-refractivity contribution in [3.63, 3.8) is 0 Å². The average Bonchev–Trinajstić information content (AvgIpc) is 2.85. The summed E-state index contributed by atoms with van der Waals surface area (Å²) in [5.41, 5.74) is 1.09. The Bertz CT molecular complexity index is 630. The van der Waals surface area contributed by atoms with Crippen LogP contribution >= 0.6 is 0 Å². The van der Waals surface area contributed by atoms with Gasteiger partial charge in [0.1, 0.15) is 0 Å². The molecule has 0 aliphatic carbocycles. The molecule has 2 aromatic rings. The van der Waals surface area contributed by atoms with Gasteiger partial charge in [0.05, 0.1) is 18.3 Å². The van der Waals surface area contributed by atoms with Crippen molar-refractivity contribution < 1.29 is 9.32 Å². The van der Waals surface area contributed by atoms with Crippen molar-refractivity contribution in [1.29, 1.82) is 0 Å². The third-order valence-corrected chi connectivity index (χ3v) is 2.99. The van der Waals surface area contributed by atoms with E-state index in [0.29, 0.717) is 36.5 Å². The fourth-order valence-electron chi connectivity index (χ4n) is 2.10. The van der Waals surface area contributed by atoms with Gasteiger partial charge in [-0.3, -0.25) is 9.59 Å². The van der Waals surface area contributed by atoms with Gasteiger partial charge in [-0.2, -0.15) is 0 Å². The van der Waals surface area contributed by atoms with Crippen LogP contribution in [-0.2, 0) is 13.0 Å². The molecule has 0 atom stereocenters. The maximum Gasteiger partial charge on any atom is 0.256 e. The molecule has 18 heavy (non-hydrogen) atoms. The summed E-state index contributed by atoms with van der Waals surface area (Å²) in [6, 6.07) is 4.67. The third kappa shape index (κ3) is 1.81. The van der Waals surface area contributed by atoms with Crippen molar-refractivity contribution in [2.75, 3.05) is 6.54 Å². The van der Waals surface area contributed by atoms with E-state index in [0.717, 1.165) is 0 Å². The van der Waals surface area contributed by atoms with Gasteiger partial charge >= 0.3 is 0 Å². The monoisotopic (exact) mass is 245 g/mol. The predicted octanol–water partition coefficient (Wildman–Crippen LogP) is 0.561. The molecular weight excluding hydrogens is 234 g/mol. The van der Waals surface area contributed by atoms with Crippen molar-refractivity contribution in [1.82, 2.24) is 15.0 Å². The number of aromatic amines is 1.